The van der Waals surface area contributed by atoms with E-state index in [2.05, 4.69) is 4.98 Å². The zero-order valence-electron chi connectivity index (χ0n) is 12.1. The molecule has 0 spiro atoms. The quantitative estimate of drug-likeness (QED) is 0.600. The molecule has 1 aliphatic heterocycles. The molecule has 0 aromatic carbocycles. The fraction of sp³-hybridized carbons (Fsp3) is 0.583. The summed E-state index contributed by atoms with van der Waals surface area (Å²) in [5.41, 5.74) is -1.01. The van der Waals surface area contributed by atoms with Crippen LogP contribution in [-0.2, 0) is 19.1 Å². The Morgan fingerprint density at radius 3 is 2.10 bits per heavy atom. The molecule has 8 heteroatoms. The molecule has 0 N–H and O–H groups in total. The summed E-state index contributed by atoms with van der Waals surface area (Å²) >= 11 is 0. The van der Waals surface area contributed by atoms with Crippen LogP contribution in [0.4, 0.5) is 4.39 Å². The second-order valence-electron chi connectivity index (χ2n) is 5.89. The van der Waals surface area contributed by atoms with Crippen LogP contribution in [0.1, 0.15) is 27.7 Å². The van der Waals surface area contributed by atoms with E-state index in [1.807, 2.05) is 27.7 Å². The highest BCUT2D eigenvalue weighted by Gasteiger charge is 2.52. The highest BCUT2D eigenvalue weighted by atomic mass is 32.2. The maximum Gasteiger partial charge on any atom is 0.497 e. The topological polar surface area (TPSA) is 65.5 Å². The van der Waals surface area contributed by atoms with E-state index in [9.17, 15) is 12.8 Å². The summed E-state index contributed by atoms with van der Waals surface area (Å²) < 4.78 is 48.3. The lowest BCUT2D eigenvalue weighted by atomic mass is 9.80. The fourth-order valence-electron chi connectivity index (χ4n) is 1.88. The van der Waals surface area contributed by atoms with Gasteiger partial charge in [0, 0.05) is 11.7 Å². The van der Waals surface area contributed by atoms with Crippen molar-refractivity contribution in [2.75, 3.05) is 6.26 Å². The predicted octanol–water partition coefficient (Wildman–Crippen LogP) is 0.923. The summed E-state index contributed by atoms with van der Waals surface area (Å²) in [6, 6.07) is 2.43. The number of rotatable bonds is 2. The van der Waals surface area contributed by atoms with Crippen LogP contribution < -0.4 is 5.46 Å². The molecular weight excluding hydrogens is 284 g/mol. The van der Waals surface area contributed by atoms with E-state index >= 15 is 0 Å². The van der Waals surface area contributed by atoms with Gasteiger partial charge in [0.15, 0.2) is 14.9 Å². The molecule has 0 amide bonds. The van der Waals surface area contributed by atoms with Gasteiger partial charge in [-0.2, -0.15) is 4.39 Å². The highest BCUT2D eigenvalue weighted by Crippen LogP contribution is 2.36. The van der Waals surface area contributed by atoms with E-state index in [1.54, 1.807) is 0 Å². The van der Waals surface area contributed by atoms with Crippen LogP contribution >= 0.6 is 0 Å². The average molecular weight is 301 g/mol. The van der Waals surface area contributed by atoms with Crippen LogP contribution in [0.15, 0.2) is 17.2 Å². The zero-order valence-corrected chi connectivity index (χ0v) is 12.9. The van der Waals surface area contributed by atoms with Gasteiger partial charge in [-0.1, -0.05) is 6.07 Å². The van der Waals surface area contributed by atoms with Gasteiger partial charge in [0.1, 0.15) is 0 Å². The molecule has 1 aromatic heterocycles. The molecule has 1 aliphatic rings. The van der Waals surface area contributed by atoms with Gasteiger partial charge in [0.2, 0.25) is 5.95 Å². The van der Waals surface area contributed by atoms with Gasteiger partial charge in [-0.3, -0.25) is 0 Å². The van der Waals surface area contributed by atoms with Crippen LogP contribution in [-0.4, -0.2) is 38.0 Å². The Morgan fingerprint density at radius 2 is 1.65 bits per heavy atom. The Hall–Kier alpha value is -0.985. The molecule has 1 saturated heterocycles. The smallest absolute Gasteiger partial charge is 0.399 e. The number of pyridine rings is 1. The molecule has 0 atom stereocenters. The van der Waals surface area contributed by atoms with Crippen molar-refractivity contribution in [3.63, 3.8) is 0 Å². The maximum atomic E-state index is 13.2. The summed E-state index contributed by atoms with van der Waals surface area (Å²) in [5, 5.41) is -0.351. The second kappa shape index (κ2) is 4.51. The van der Waals surface area contributed by atoms with Crippen LogP contribution in [0.3, 0.4) is 0 Å². The minimum Gasteiger partial charge on any atom is -0.399 e. The number of sulfone groups is 1. The van der Waals surface area contributed by atoms with E-state index in [0.717, 1.165) is 12.3 Å². The molecule has 0 aliphatic carbocycles. The lowest BCUT2D eigenvalue weighted by Crippen LogP contribution is -2.41. The largest absolute Gasteiger partial charge is 0.497 e. The summed E-state index contributed by atoms with van der Waals surface area (Å²) in [6.07, 6.45) is 0.976. The first-order chi connectivity index (χ1) is 8.94. The van der Waals surface area contributed by atoms with Gasteiger partial charge in [0.05, 0.1) is 11.2 Å². The standard InChI is InChI=1S/C12H17BFNO4S/c1-11(2)12(3,4)19-13(18-11)8-6-7-9(14)15-10(8)20(5,16)17/h6-7H,1-5H3. The molecule has 110 valence electrons. The molecule has 1 aromatic rings. The van der Waals surface area contributed by atoms with E-state index in [0.29, 0.717) is 0 Å². The molecule has 20 heavy (non-hydrogen) atoms. The van der Waals surface area contributed by atoms with Crippen LogP contribution in [0.25, 0.3) is 0 Å². The average Bonchev–Trinajstić information content (AvgIpc) is 2.46. The van der Waals surface area contributed by atoms with Gasteiger partial charge < -0.3 is 9.31 Å². The summed E-state index contributed by atoms with van der Waals surface area (Å²) in [7, 11) is -4.57. The van der Waals surface area contributed by atoms with Crippen molar-refractivity contribution in [1.29, 1.82) is 0 Å². The van der Waals surface area contributed by atoms with Crippen molar-refractivity contribution in [2.45, 2.75) is 43.9 Å². The molecular formula is C12H17BFNO4S. The Labute approximate surface area is 118 Å². The predicted molar refractivity (Wildman–Crippen MR) is 73.0 cm³/mol. The molecule has 0 radical (unpaired) electrons. The molecule has 2 heterocycles. The van der Waals surface area contributed by atoms with Crippen molar-refractivity contribution in [3.8, 4) is 0 Å². The lowest BCUT2D eigenvalue weighted by Gasteiger charge is -2.32. The van der Waals surface area contributed by atoms with E-state index < -0.39 is 34.1 Å². The van der Waals surface area contributed by atoms with Crippen molar-refractivity contribution < 1.29 is 22.1 Å². The first-order valence-electron chi connectivity index (χ1n) is 6.16. The van der Waals surface area contributed by atoms with Gasteiger partial charge >= 0.3 is 7.12 Å². The third-order valence-electron chi connectivity index (χ3n) is 3.71. The molecule has 2 rings (SSSR count). The van der Waals surface area contributed by atoms with Crippen LogP contribution in [0, 0.1) is 5.95 Å². The third-order valence-corrected chi connectivity index (χ3v) is 4.74. The Balaban J connectivity index is 2.51. The Bertz CT molecular complexity index is 629. The van der Waals surface area contributed by atoms with Crippen molar-refractivity contribution >= 4 is 22.4 Å². The first kappa shape index (κ1) is 15.4. The molecule has 0 saturated carbocycles. The van der Waals surface area contributed by atoms with E-state index in [4.69, 9.17) is 9.31 Å². The fourth-order valence-corrected chi connectivity index (χ4v) is 2.72. The lowest BCUT2D eigenvalue weighted by molar-refractivity contribution is 0.00578. The maximum absolute atomic E-state index is 13.2. The summed E-state index contributed by atoms with van der Waals surface area (Å²) in [6.45, 7) is 7.41. The molecule has 5 nitrogen and oxygen atoms in total. The Morgan fingerprint density at radius 1 is 1.15 bits per heavy atom. The molecule has 0 bridgehead atoms. The summed E-state index contributed by atoms with van der Waals surface area (Å²) in [5.74, 6) is -0.856. The SMILES string of the molecule is CC1(C)OB(c2ccc(F)nc2S(C)(=O)=O)OC1(C)C. The van der Waals surface area contributed by atoms with Gasteiger partial charge in [-0.25, -0.2) is 13.4 Å². The van der Waals surface area contributed by atoms with Gasteiger partial charge in [-0.05, 0) is 33.8 Å². The first-order valence-corrected chi connectivity index (χ1v) is 8.05. The molecule has 0 unspecified atom stereocenters. The minimum absolute atomic E-state index is 0.215. The Kier molecular flexibility index (Phi) is 3.47. The number of hydrogen-bond donors (Lipinski definition) is 0. The minimum atomic E-state index is -3.68. The summed E-state index contributed by atoms with van der Waals surface area (Å²) in [4.78, 5) is 3.47. The van der Waals surface area contributed by atoms with Gasteiger partial charge in [-0.15, -0.1) is 0 Å². The third kappa shape index (κ3) is 2.59. The molecule has 1 fully saturated rings. The van der Waals surface area contributed by atoms with Crippen molar-refractivity contribution in [3.05, 3.63) is 18.1 Å². The van der Waals surface area contributed by atoms with Crippen LogP contribution in [0.5, 0.6) is 0 Å². The van der Waals surface area contributed by atoms with Crippen LogP contribution in [0.2, 0.25) is 0 Å². The monoisotopic (exact) mass is 301 g/mol. The number of halogens is 1. The second-order valence-corrected chi connectivity index (χ2v) is 7.82. The number of aromatic nitrogens is 1. The number of nitrogens with zero attached hydrogens (tertiary/aromatic N) is 1. The van der Waals surface area contributed by atoms with E-state index in [1.165, 1.54) is 6.07 Å². The normalized spacial score (nSPS) is 21.2. The van der Waals surface area contributed by atoms with Crippen molar-refractivity contribution in [1.82, 2.24) is 4.98 Å². The number of hydrogen-bond acceptors (Lipinski definition) is 5. The highest BCUT2D eigenvalue weighted by molar-refractivity contribution is 7.90. The van der Waals surface area contributed by atoms with Crippen molar-refractivity contribution in [2.24, 2.45) is 0 Å². The van der Waals surface area contributed by atoms with Gasteiger partial charge in [0.25, 0.3) is 0 Å². The zero-order chi connectivity index (χ0) is 15.3. The van der Waals surface area contributed by atoms with E-state index in [-0.39, 0.29) is 10.5 Å².